The van der Waals surface area contributed by atoms with E-state index in [1.54, 1.807) is 42.5 Å². The Balaban J connectivity index is 1.80. The summed E-state index contributed by atoms with van der Waals surface area (Å²) in [7, 11) is 1.51. The number of carbonyl (C=O) groups excluding carboxylic acids is 2. The Morgan fingerprint density at radius 1 is 1.13 bits per heavy atom. The summed E-state index contributed by atoms with van der Waals surface area (Å²) in [5, 5.41) is 3.25. The maximum atomic E-state index is 11.9. The zero-order valence-corrected chi connectivity index (χ0v) is 13.3. The minimum Gasteiger partial charge on any atom is -0.497 e. The fourth-order valence-electron chi connectivity index (χ4n) is 1.86. The second-order valence-electron chi connectivity index (χ2n) is 4.71. The molecule has 0 saturated carbocycles. The number of benzene rings is 2. The molecule has 0 radical (unpaired) electrons. The minimum atomic E-state index is -0.582. The number of carbonyl (C=O) groups is 2. The monoisotopic (exact) mass is 333 g/mol. The van der Waals surface area contributed by atoms with Crippen LogP contribution in [-0.2, 0) is 16.1 Å². The molecule has 0 fully saturated rings. The lowest BCUT2D eigenvalue weighted by Gasteiger charge is -2.07. The molecule has 2 rings (SSSR count). The van der Waals surface area contributed by atoms with Crippen molar-refractivity contribution < 1.29 is 19.1 Å². The maximum Gasteiger partial charge on any atom is 0.338 e. The van der Waals surface area contributed by atoms with Crippen LogP contribution in [0.2, 0.25) is 5.02 Å². The molecule has 0 aliphatic carbocycles. The van der Waals surface area contributed by atoms with Crippen molar-refractivity contribution in [2.45, 2.75) is 6.54 Å². The van der Waals surface area contributed by atoms with Crippen LogP contribution in [-0.4, -0.2) is 25.6 Å². The average Bonchev–Trinajstić information content (AvgIpc) is 2.58. The lowest BCUT2D eigenvalue weighted by Crippen LogP contribution is -2.28. The van der Waals surface area contributed by atoms with Crippen molar-refractivity contribution in [1.29, 1.82) is 0 Å². The van der Waals surface area contributed by atoms with E-state index in [1.807, 2.05) is 6.07 Å². The van der Waals surface area contributed by atoms with Crippen LogP contribution in [0, 0.1) is 0 Å². The van der Waals surface area contributed by atoms with Gasteiger partial charge in [0.1, 0.15) is 5.75 Å². The molecule has 0 atom stereocenters. The van der Waals surface area contributed by atoms with E-state index >= 15 is 0 Å². The van der Waals surface area contributed by atoms with Crippen molar-refractivity contribution in [2.24, 2.45) is 0 Å². The van der Waals surface area contributed by atoms with Gasteiger partial charge in [-0.2, -0.15) is 0 Å². The third kappa shape index (κ3) is 5.30. The number of methoxy groups -OCH3 is 1. The Kier molecular flexibility index (Phi) is 6.00. The first-order valence-electron chi connectivity index (χ1n) is 6.91. The summed E-state index contributed by atoms with van der Waals surface area (Å²) in [4.78, 5) is 23.6. The number of hydrogen-bond acceptors (Lipinski definition) is 4. The van der Waals surface area contributed by atoms with Crippen LogP contribution in [0.25, 0.3) is 0 Å². The fraction of sp³-hybridized carbons (Fsp3) is 0.176. The van der Waals surface area contributed by atoms with E-state index in [9.17, 15) is 9.59 Å². The number of amides is 1. The zero-order chi connectivity index (χ0) is 16.7. The minimum absolute atomic E-state index is 0.316. The molecule has 0 bridgehead atoms. The highest BCUT2D eigenvalue weighted by molar-refractivity contribution is 6.30. The lowest BCUT2D eigenvalue weighted by molar-refractivity contribution is -0.124. The molecule has 0 saturated heterocycles. The summed E-state index contributed by atoms with van der Waals surface area (Å²) >= 11 is 5.86. The van der Waals surface area contributed by atoms with Gasteiger partial charge in [-0.25, -0.2) is 4.79 Å². The molecule has 1 N–H and O–H groups in total. The van der Waals surface area contributed by atoms with E-state index in [1.165, 1.54) is 7.11 Å². The van der Waals surface area contributed by atoms with Gasteiger partial charge in [0.25, 0.3) is 5.91 Å². The number of esters is 1. The van der Waals surface area contributed by atoms with Gasteiger partial charge in [-0.05, 0) is 35.9 Å². The fourth-order valence-corrected chi connectivity index (χ4v) is 2.08. The Morgan fingerprint density at radius 2 is 1.91 bits per heavy atom. The van der Waals surface area contributed by atoms with Gasteiger partial charge in [-0.3, -0.25) is 4.79 Å². The zero-order valence-electron chi connectivity index (χ0n) is 12.5. The quantitative estimate of drug-likeness (QED) is 0.826. The molecule has 0 aliphatic heterocycles. The third-order valence-corrected chi connectivity index (χ3v) is 3.25. The van der Waals surface area contributed by atoms with E-state index in [4.69, 9.17) is 21.1 Å². The first-order valence-corrected chi connectivity index (χ1v) is 7.28. The molecule has 23 heavy (non-hydrogen) atoms. The standard InChI is InChI=1S/C17H16ClNO4/c1-22-15-7-3-5-13(9-15)17(21)23-11-16(20)19-10-12-4-2-6-14(18)8-12/h2-9H,10-11H2,1H3,(H,19,20). The highest BCUT2D eigenvalue weighted by Crippen LogP contribution is 2.13. The topological polar surface area (TPSA) is 64.6 Å². The highest BCUT2D eigenvalue weighted by atomic mass is 35.5. The normalized spacial score (nSPS) is 10.0. The average molecular weight is 334 g/mol. The molecule has 120 valence electrons. The van der Waals surface area contributed by atoms with Crippen LogP contribution in [0.1, 0.15) is 15.9 Å². The summed E-state index contributed by atoms with van der Waals surface area (Å²) < 4.78 is 10.00. The number of hydrogen-bond donors (Lipinski definition) is 1. The molecule has 2 aromatic carbocycles. The van der Waals surface area contributed by atoms with Gasteiger partial charge in [0.2, 0.25) is 0 Å². The van der Waals surface area contributed by atoms with Crippen molar-refractivity contribution in [2.75, 3.05) is 13.7 Å². The maximum absolute atomic E-state index is 11.9. The predicted molar refractivity (Wildman–Crippen MR) is 86.6 cm³/mol. The Morgan fingerprint density at radius 3 is 2.65 bits per heavy atom. The summed E-state index contributed by atoms with van der Waals surface area (Å²) in [6.45, 7) is -0.0350. The first-order chi connectivity index (χ1) is 11.1. The molecule has 0 heterocycles. The van der Waals surface area contributed by atoms with E-state index < -0.39 is 5.97 Å². The number of nitrogens with one attached hydrogen (secondary N) is 1. The van der Waals surface area contributed by atoms with Gasteiger partial charge in [0, 0.05) is 11.6 Å². The predicted octanol–water partition coefficient (Wildman–Crippen LogP) is 2.82. The smallest absolute Gasteiger partial charge is 0.338 e. The molecule has 1 amide bonds. The van der Waals surface area contributed by atoms with Gasteiger partial charge in [-0.1, -0.05) is 29.8 Å². The van der Waals surface area contributed by atoms with Gasteiger partial charge in [0.15, 0.2) is 6.61 Å². The lowest BCUT2D eigenvalue weighted by atomic mass is 10.2. The molecule has 5 nitrogen and oxygen atoms in total. The van der Waals surface area contributed by atoms with Gasteiger partial charge < -0.3 is 14.8 Å². The van der Waals surface area contributed by atoms with Crippen LogP contribution in [0.4, 0.5) is 0 Å². The second-order valence-corrected chi connectivity index (χ2v) is 5.15. The highest BCUT2D eigenvalue weighted by Gasteiger charge is 2.11. The largest absolute Gasteiger partial charge is 0.497 e. The van der Waals surface area contributed by atoms with E-state index in [-0.39, 0.29) is 12.5 Å². The van der Waals surface area contributed by atoms with Crippen molar-refractivity contribution >= 4 is 23.5 Å². The second kappa shape index (κ2) is 8.19. The molecule has 0 unspecified atom stereocenters. The third-order valence-electron chi connectivity index (χ3n) is 3.02. The molecule has 2 aromatic rings. The van der Waals surface area contributed by atoms with Crippen LogP contribution >= 0.6 is 11.6 Å². The van der Waals surface area contributed by atoms with E-state index in [0.29, 0.717) is 22.9 Å². The van der Waals surface area contributed by atoms with Gasteiger partial charge in [-0.15, -0.1) is 0 Å². The number of rotatable bonds is 6. The number of halogens is 1. The van der Waals surface area contributed by atoms with Crippen molar-refractivity contribution in [3.05, 3.63) is 64.7 Å². The SMILES string of the molecule is COc1cccc(C(=O)OCC(=O)NCc2cccc(Cl)c2)c1. The van der Waals surface area contributed by atoms with Crippen molar-refractivity contribution in [1.82, 2.24) is 5.32 Å². The molecule has 6 heteroatoms. The first kappa shape index (κ1) is 16.8. The summed E-state index contributed by atoms with van der Waals surface area (Å²) in [5.41, 5.74) is 1.19. The molecule has 0 aromatic heterocycles. The summed E-state index contributed by atoms with van der Waals surface area (Å²) in [5.74, 6) is -0.423. The molecule has 0 spiro atoms. The van der Waals surface area contributed by atoms with Crippen LogP contribution in [0.5, 0.6) is 5.75 Å². The van der Waals surface area contributed by atoms with E-state index in [0.717, 1.165) is 5.56 Å². The molecular weight excluding hydrogens is 318 g/mol. The van der Waals surface area contributed by atoms with E-state index in [2.05, 4.69) is 5.32 Å². The Bertz CT molecular complexity index is 702. The molecule has 0 aliphatic rings. The van der Waals surface area contributed by atoms with Crippen LogP contribution < -0.4 is 10.1 Å². The molecular formula is C17H16ClNO4. The Hall–Kier alpha value is -2.53. The summed E-state index contributed by atoms with van der Waals surface area (Å²) in [6.07, 6.45) is 0. The van der Waals surface area contributed by atoms with Gasteiger partial charge >= 0.3 is 5.97 Å². The Labute approximate surface area is 139 Å². The number of ether oxygens (including phenoxy) is 2. The van der Waals surface area contributed by atoms with Crippen LogP contribution in [0.3, 0.4) is 0 Å². The van der Waals surface area contributed by atoms with Gasteiger partial charge in [0.05, 0.1) is 12.7 Å². The van der Waals surface area contributed by atoms with Crippen LogP contribution in [0.15, 0.2) is 48.5 Å². The van der Waals surface area contributed by atoms with Crippen molar-refractivity contribution in [3.8, 4) is 5.75 Å². The van der Waals surface area contributed by atoms with Crippen molar-refractivity contribution in [3.63, 3.8) is 0 Å². The summed E-state index contributed by atoms with van der Waals surface area (Å²) in [6, 6.07) is 13.7.